The van der Waals surface area contributed by atoms with Crippen LogP contribution in [0.3, 0.4) is 0 Å². The van der Waals surface area contributed by atoms with E-state index in [0.717, 1.165) is 0 Å². The topological polar surface area (TPSA) is 135 Å². The molecule has 1 N–H and O–H groups in total. The third-order valence-corrected chi connectivity index (χ3v) is 4.54. The minimum absolute atomic E-state index is 0.0245. The number of benzene rings is 2. The number of phenols is 1. The molecule has 2 atom stereocenters. The van der Waals surface area contributed by atoms with Crippen LogP contribution in [0.2, 0.25) is 0 Å². The molecule has 0 spiro atoms. The molecule has 1 aliphatic heterocycles. The van der Waals surface area contributed by atoms with Crippen molar-refractivity contribution < 1.29 is 48.0 Å². The van der Waals surface area contributed by atoms with Crippen LogP contribution in [0, 0.1) is 0 Å². The first-order valence-corrected chi connectivity index (χ1v) is 9.92. The molecule has 0 aromatic heterocycles. The van der Waals surface area contributed by atoms with Crippen LogP contribution in [0.5, 0.6) is 28.7 Å². The normalized spacial score (nSPS) is 16.6. The maximum Gasteiger partial charge on any atom is 0.308 e. The highest BCUT2D eigenvalue weighted by Crippen LogP contribution is 2.44. The smallest absolute Gasteiger partial charge is 0.308 e. The van der Waals surface area contributed by atoms with E-state index in [-0.39, 0.29) is 35.2 Å². The highest BCUT2D eigenvalue weighted by molar-refractivity contribution is 5.74. The Morgan fingerprint density at radius 2 is 1.48 bits per heavy atom. The van der Waals surface area contributed by atoms with Gasteiger partial charge >= 0.3 is 23.9 Å². The van der Waals surface area contributed by atoms with Crippen molar-refractivity contribution in [3.8, 4) is 28.7 Å². The summed E-state index contributed by atoms with van der Waals surface area (Å²) in [5.74, 6) is -2.28. The van der Waals surface area contributed by atoms with Crippen LogP contribution in [-0.2, 0) is 30.3 Å². The monoisotopic (exact) mass is 458 g/mol. The van der Waals surface area contributed by atoms with E-state index in [9.17, 15) is 24.3 Å². The molecular formula is C23H22O10. The molecule has 33 heavy (non-hydrogen) atoms. The molecule has 2 aromatic carbocycles. The number of rotatable bonds is 5. The fraction of sp³-hybridized carbons (Fsp3) is 0.304. The number of hydrogen-bond acceptors (Lipinski definition) is 10. The van der Waals surface area contributed by atoms with Gasteiger partial charge in [-0.15, -0.1) is 0 Å². The first-order valence-electron chi connectivity index (χ1n) is 9.92. The summed E-state index contributed by atoms with van der Waals surface area (Å²) in [6.45, 7) is 4.86. The molecule has 0 unspecified atom stereocenters. The maximum atomic E-state index is 11.7. The second kappa shape index (κ2) is 9.60. The number of fused-ring (bicyclic) bond motifs is 1. The summed E-state index contributed by atoms with van der Waals surface area (Å²) >= 11 is 0. The minimum atomic E-state index is -0.880. The molecule has 10 heteroatoms. The van der Waals surface area contributed by atoms with E-state index in [0.29, 0.717) is 11.1 Å². The predicted molar refractivity (Wildman–Crippen MR) is 111 cm³/mol. The molecule has 0 radical (unpaired) electrons. The van der Waals surface area contributed by atoms with Gasteiger partial charge < -0.3 is 28.8 Å². The van der Waals surface area contributed by atoms with Crippen LogP contribution >= 0.6 is 0 Å². The Morgan fingerprint density at radius 3 is 2.09 bits per heavy atom. The van der Waals surface area contributed by atoms with Gasteiger partial charge in [0.15, 0.2) is 17.6 Å². The maximum absolute atomic E-state index is 11.7. The molecule has 0 saturated heterocycles. The Kier molecular flexibility index (Phi) is 6.86. The molecule has 1 aliphatic rings. The van der Waals surface area contributed by atoms with Crippen molar-refractivity contribution in [3.63, 3.8) is 0 Å². The van der Waals surface area contributed by atoms with Gasteiger partial charge in [-0.05, 0) is 12.1 Å². The van der Waals surface area contributed by atoms with Crippen LogP contribution in [0.15, 0.2) is 30.3 Å². The van der Waals surface area contributed by atoms with Crippen LogP contribution < -0.4 is 18.9 Å². The summed E-state index contributed by atoms with van der Waals surface area (Å²) in [6, 6.07) is 7.12. The molecule has 0 bridgehead atoms. The molecule has 10 nitrogen and oxygen atoms in total. The number of carbonyl (C=O) groups excluding carboxylic acids is 4. The first kappa shape index (κ1) is 23.6. The molecule has 0 fully saturated rings. The SMILES string of the molecule is CC(=O)Oc1cc(O)c2c(c1)O[C@@H](c1ccc(OC(C)=O)c(OC(C)=O)c1)[C@H](OC(C)=O)C2. The summed E-state index contributed by atoms with van der Waals surface area (Å²) in [4.78, 5) is 46.0. The molecule has 0 amide bonds. The van der Waals surface area contributed by atoms with E-state index in [2.05, 4.69) is 0 Å². The number of esters is 4. The van der Waals surface area contributed by atoms with Crippen molar-refractivity contribution in [2.24, 2.45) is 0 Å². The molecule has 0 saturated carbocycles. The number of hydrogen-bond donors (Lipinski definition) is 1. The summed E-state index contributed by atoms with van der Waals surface area (Å²) in [6.07, 6.45) is -1.63. The molecular weight excluding hydrogens is 436 g/mol. The molecule has 0 aliphatic carbocycles. The van der Waals surface area contributed by atoms with E-state index in [1.54, 1.807) is 6.07 Å². The van der Waals surface area contributed by atoms with E-state index in [1.165, 1.54) is 52.0 Å². The quantitative estimate of drug-likeness (QED) is 0.526. The minimum Gasteiger partial charge on any atom is -0.507 e. The van der Waals surface area contributed by atoms with Gasteiger partial charge in [0.05, 0.1) is 0 Å². The van der Waals surface area contributed by atoms with Gasteiger partial charge in [-0.1, -0.05) is 6.07 Å². The predicted octanol–water partition coefficient (Wildman–Crippen LogP) is 2.78. The molecule has 2 aromatic rings. The third-order valence-electron chi connectivity index (χ3n) is 4.54. The molecule has 174 valence electrons. The largest absolute Gasteiger partial charge is 0.507 e. The summed E-state index contributed by atoms with van der Waals surface area (Å²) in [5.41, 5.74) is 0.807. The van der Waals surface area contributed by atoms with Crippen LogP contribution in [-0.4, -0.2) is 35.1 Å². The zero-order chi connectivity index (χ0) is 24.3. The second-order valence-corrected chi connectivity index (χ2v) is 7.30. The average molecular weight is 458 g/mol. The number of aromatic hydroxyl groups is 1. The summed E-state index contributed by atoms with van der Waals surface area (Å²) in [5, 5.41) is 10.4. The van der Waals surface area contributed by atoms with Gasteiger partial charge in [0.2, 0.25) is 0 Å². The zero-order valence-corrected chi connectivity index (χ0v) is 18.4. The lowest BCUT2D eigenvalue weighted by Gasteiger charge is -2.34. The summed E-state index contributed by atoms with van der Waals surface area (Å²) < 4.78 is 26.8. The zero-order valence-electron chi connectivity index (χ0n) is 18.4. The van der Waals surface area contributed by atoms with E-state index >= 15 is 0 Å². The number of ether oxygens (including phenoxy) is 5. The lowest BCUT2D eigenvalue weighted by Crippen LogP contribution is -2.34. The van der Waals surface area contributed by atoms with Gasteiger partial charge in [0.25, 0.3) is 0 Å². The number of carbonyl (C=O) groups is 4. The Morgan fingerprint density at radius 1 is 0.848 bits per heavy atom. The standard InChI is InChI=1S/C23H22O10/c1-11(24)29-16-8-18(28)17-10-22(32-14(4)27)23(33-20(17)9-16)15-5-6-19(30-12(2)25)21(7-15)31-13(3)26/h5-9,22-23,28H,10H2,1-4H3/t22-,23+/m1/s1. The van der Waals surface area contributed by atoms with Gasteiger partial charge in [-0.25, -0.2) is 0 Å². The van der Waals surface area contributed by atoms with Crippen molar-refractivity contribution in [2.45, 2.75) is 46.3 Å². The highest BCUT2D eigenvalue weighted by atomic mass is 16.6. The molecule has 3 rings (SSSR count). The van der Waals surface area contributed by atoms with Gasteiger partial charge in [0, 0.05) is 57.4 Å². The fourth-order valence-electron chi connectivity index (χ4n) is 3.44. The fourth-order valence-corrected chi connectivity index (χ4v) is 3.44. The Bertz CT molecular complexity index is 1120. The van der Waals surface area contributed by atoms with E-state index in [4.69, 9.17) is 23.7 Å². The van der Waals surface area contributed by atoms with Crippen molar-refractivity contribution in [1.29, 1.82) is 0 Å². The van der Waals surface area contributed by atoms with E-state index < -0.39 is 36.1 Å². The van der Waals surface area contributed by atoms with Crippen LogP contribution in [0.1, 0.15) is 44.9 Å². The Balaban J connectivity index is 2.05. The summed E-state index contributed by atoms with van der Waals surface area (Å²) in [7, 11) is 0. The van der Waals surface area contributed by atoms with Crippen LogP contribution in [0.4, 0.5) is 0 Å². The molecule has 1 heterocycles. The second-order valence-electron chi connectivity index (χ2n) is 7.30. The van der Waals surface area contributed by atoms with Gasteiger partial charge in [0.1, 0.15) is 23.4 Å². The van der Waals surface area contributed by atoms with Crippen molar-refractivity contribution in [1.82, 2.24) is 0 Å². The van der Waals surface area contributed by atoms with Crippen molar-refractivity contribution in [3.05, 3.63) is 41.5 Å². The Labute approximate surface area is 189 Å². The lowest BCUT2D eigenvalue weighted by molar-refractivity contribution is -0.152. The van der Waals surface area contributed by atoms with Gasteiger partial charge in [-0.3, -0.25) is 19.2 Å². The van der Waals surface area contributed by atoms with Crippen LogP contribution in [0.25, 0.3) is 0 Å². The van der Waals surface area contributed by atoms with Crippen molar-refractivity contribution >= 4 is 23.9 Å². The van der Waals surface area contributed by atoms with Gasteiger partial charge in [-0.2, -0.15) is 0 Å². The first-order chi connectivity index (χ1) is 15.5. The Hall–Kier alpha value is -4.08. The van der Waals surface area contributed by atoms with Crippen molar-refractivity contribution in [2.75, 3.05) is 0 Å². The highest BCUT2D eigenvalue weighted by Gasteiger charge is 2.36. The number of phenolic OH excluding ortho intramolecular Hbond substituents is 1. The van der Waals surface area contributed by atoms with E-state index in [1.807, 2.05) is 0 Å². The third kappa shape index (κ3) is 5.79. The lowest BCUT2D eigenvalue weighted by atomic mass is 9.93. The average Bonchev–Trinajstić information content (AvgIpc) is 2.68.